The van der Waals surface area contributed by atoms with Crippen molar-refractivity contribution in [1.82, 2.24) is 9.97 Å². The van der Waals surface area contributed by atoms with E-state index in [-0.39, 0.29) is 6.04 Å². The number of ether oxygens (including phenoxy) is 1. The maximum absolute atomic E-state index is 5.91. The molecule has 0 bridgehead atoms. The Hall–Kier alpha value is -3.08. The number of hydrogen-bond donors (Lipinski definition) is 2. The van der Waals surface area contributed by atoms with Gasteiger partial charge in [-0.1, -0.05) is 42.5 Å². The lowest BCUT2D eigenvalue weighted by Crippen LogP contribution is -2.14. The lowest BCUT2D eigenvalue weighted by atomic mass is 10.0. The fourth-order valence-corrected chi connectivity index (χ4v) is 3.13. The lowest BCUT2D eigenvalue weighted by Gasteiger charge is -2.19. The summed E-state index contributed by atoms with van der Waals surface area (Å²) < 4.78 is 5.23. The van der Waals surface area contributed by atoms with Crippen molar-refractivity contribution >= 4 is 11.8 Å². The standard InChI is InChI=1S/C22H26N4O/c1-15(18-7-5-4-6-8-18)24-21-20(16(2)25-22(23)26-21)14-11-17-9-12-19(27-3)13-10-17/h4-10,12-13,15H,11,14H2,1-3H3,(H3,23,24,25,26)/t15-/m0/s1. The van der Waals surface area contributed by atoms with Gasteiger partial charge >= 0.3 is 0 Å². The minimum absolute atomic E-state index is 0.125. The van der Waals surface area contributed by atoms with Gasteiger partial charge in [0.25, 0.3) is 0 Å². The number of nitrogens with one attached hydrogen (secondary N) is 1. The zero-order chi connectivity index (χ0) is 19.2. The Balaban J connectivity index is 1.79. The topological polar surface area (TPSA) is 73.1 Å². The molecule has 0 unspecified atom stereocenters. The van der Waals surface area contributed by atoms with Crippen LogP contribution in [0.15, 0.2) is 54.6 Å². The number of nitrogen functional groups attached to an aromatic ring is 1. The molecule has 0 aliphatic heterocycles. The Morgan fingerprint density at radius 1 is 1.00 bits per heavy atom. The molecule has 3 aromatic rings. The predicted octanol–water partition coefficient (Wildman–Crippen LogP) is 4.33. The SMILES string of the molecule is COc1ccc(CCc2c(C)nc(N)nc2N[C@@H](C)c2ccccc2)cc1. The first-order valence-electron chi connectivity index (χ1n) is 9.14. The van der Waals surface area contributed by atoms with E-state index in [9.17, 15) is 0 Å². The van der Waals surface area contributed by atoms with Crippen molar-refractivity contribution in [3.8, 4) is 5.75 Å². The molecule has 1 heterocycles. The van der Waals surface area contributed by atoms with E-state index in [1.165, 1.54) is 11.1 Å². The summed E-state index contributed by atoms with van der Waals surface area (Å²) >= 11 is 0. The second kappa shape index (κ2) is 8.54. The van der Waals surface area contributed by atoms with Crippen molar-refractivity contribution in [2.24, 2.45) is 0 Å². The molecule has 5 nitrogen and oxygen atoms in total. The van der Waals surface area contributed by atoms with E-state index in [0.717, 1.165) is 35.7 Å². The van der Waals surface area contributed by atoms with Crippen LogP contribution in [-0.2, 0) is 12.8 Å². The van der Waals surface area contributed by atoms with Gasteiger partial charge in [-0.15, -0.1) is 0 Å². The maximum Gasteiger partial charge on any atom is 0.222 e. The second-order valence-electron chi connectivity index (χ2n) is 6.62. The highest BCUT2D eigenvalue weighted by atomic mass is 16.5. The van der Waals surface area contributed by atoms with Gasteiger partial charge in [0.15, 0.2) is 0 Å². The molecule has 3 N–H and O–H groups in total. The summed E-state index contributed by atoms with van der Waals surface area (Å²) in [5.41, 5.74) is 10.4. The Labute approximate surface area is 160 Å². The number of anilines is 2. The summed E-state index contributed by atoms with van der Waals surface area (Å²) in [4.78, 5) is 8.84. The van der Waals surface area contributed by atoms with Gasteiger partial charge in [0.2, 0.25) is 5.95 Å². The number of benzene rings is 2. The van der Waals surface area contributed by atoms with Gasteiger partial charge < -0.3 is 15.8 Å². The molecule has 2 aromatic carbocycles. The Bertz CT molecular complexity index is 879. The van der Waals surface area contributed by atoms with Gasteiger partial charge in [-0.3, -0.25) is 0 Å². The largest absolute Gasteiger partial charge is 0.497 e. The number of rotatable bonds is 7. The molecule has 27 heavy (non-hydrogen) atoms. The first kappa shape index (κ1) is 18.7. The van der Waals surface area contributed by atoms with E-state index in [0.29, 0.717) is 5.95 Å². The van der Waals surface area contributed by atoms with Crippen LogP contribution in [0.3, 0.4) is 0 Å². The summed E-state index contributed by atoms with van der Waals surface area (Å²) in [6, 6.07) is 18.6. The predicted molar refractivity (Wildman–Crippen MR) is 110 cm³/mol. The summed E-state index contributed by atoms with van der Waals surface area (Å²) in [6.45, 7) is 4.11. The summed E-state index contributed by atoms with van der Waals surface area (Å²) in [7, 11) is 1.68. The first-order chi connectivity index (χ1) is 13.1. The average Bonchev–Trinajstić information content (AvgIpc) is 2.68. The van der Waals surface area contributed by atoms with Gasteiger partial charge in [0, 0.05) is 17.3 Å². The lowest BCUT2D eigenvalue weighted by molar-refractivity contribution is 0.414. The molecule has 0 amide bonds. The van der Waals surface area contributed by atoms with Gasteiger partial charge in [-0.25, -0.2) is 4.98 Å². The molecular weight excluding hydrogens is 336 g/mol. The number of aromatic nitrogens is 2. The van der Waals surface area contributed by atoms with Crippen LogP contribution >= 0.6 is 0 Å². The third-order valence-electron chi connectivity index (χ3n) is 4.71. The Morgan fingerprint density at radius 2 is 1.70 bits per heavy atom. The van der Waals surface area contributed by atoms with E-state index in [1.54, 1.807) is 7.11 Å². The van der Waals surface area contributed by atoms with Gasteiger partial charge in [0.1, 0.15) is 11.6 Å². The van der Waals surface area contributed by atoms with E-state index in [2.05, 4.69) is 46.5 Å². The fourth-order valence-electron chi connectivity index (χ4n) is 3.13. The van der Waals surface area contributed by atoms with Crippen LogP contribution in [0.1, 0.15) is 35.3 Å². The minimum atomic E-state index is 0.125. The third-order valence-corrected chi connectivity index (χ3v) is 4.71. The smallest absolute Gasteiger partial charge is 0.222 e. The van der Waals surface area contributed by atoms with Crippen molar-refractivity contribution in [1.29, 1.82) is 0 Å². The number of methoxy groups -OCH3 is 1. The molecule has 5 heteroatoms. The van der Waals surface area contributed by atoms with Crippen LogP contribution in [-0.4, -0.2) is 17.1 Å². The molecule has 140 valence electrons. The highest BCUT2D eigenvalue weighted by molar-refractivity contribution is 5.51. The highest BCUT2D eigenvalue weighted by Crippen LogP contribution is 2.25. The van der Waals surface area contributed by atoms with Crippen molar-refractivity contribution in [2.75, 3.05) is 18.2 Å². The van der Waals surface area contributed by atoms with Crippen molar-refractivity contribution in [3.63, 3.8) is 0 Å². The number of nitrogens with two attached hydrogens (primary N) is 1. The Kier molecular flexibility index (Phi) is 5.91. The van der Waals surface area contributed by atoms with E-state index in [4.69, 9.17) is 10.5 Å². The molecule has 1 aromatic heterocycles. The average molecular weight is 362 g/mol. The van der Waals surface area contributed by atoms with Crippen LogP contribution in [0.25, 0.3) is 0 Å². The molecule has 0 aliphatic rings. The fraction of sp³-hybridized carbons (Fsp3) is 0.273. The molecule has 1 atom stereocenters. The molecule has 3 rings (SSSR count). The van der Waals surface area contributed by atoms with Gasteiger partial charge in [-0.05, 0) is 49.9 Å². The van der Waals surface area contributed by atoms with E-state index >= 15 is 0 Å². The normalized spacial score (nSPS) is 11.8. The van der Waals surface area contributed by atoms with Crippen molar-refractivity contribution in [2.45, 2.75) is 32.7 Å². The zero-order valence-corrected chi connectivity index (χ0v) is 16.1. The summed E-state index contributed by atoms with van der Waals surface area (Å²) in [5, 5.41) is 3.51. The Morgan fingerprint density at radius 3 is 2.37 bits per heavy atom. The quantitative estimate of drug-likeness (QED) is 0.654. The number of nitrogens with zero attached hydrogens (tertiary/aromatic N) is 2. The van der Waals surface area contributed by atoms with Crippen molar-refractivity contribution < 1.29 is 4.74 Å². The van der Waals surface area contributed by atoms with Crippen LogP contribution in [0.2, 0.25) is 0 Å². The number of aryl methyl sites for hydroxylation is 2. The highest BCUT2D eigenvalue weighted by Gasteiger charge is 2.14. The maximum atomic E-state index is 5.91. The first-order valence-corrected chi connectivity index (χ1v) is 9.14. The number of hydrogen-bond acceptors (Lipinski definition) is 5. The van der Waals surface area contributed by atoms with Crippen LogP contribution in [0, 0.1) is 6.92 Å². The monoisotopic (exact) mass is 362 g/mol. The van der Waals surface area contributed by atoms with Gasteiger partial charge in [0.05, 0.1) is 7.11 Å². The summed E-state index contributed by atoms with van der Waals surface area (Å²) in [6.07, 6.45) is 1.73. The molecule has 0 fully saturated rings. The molecule has 0 spiro atoms. The van der Waals surface area contributed by atoms with E-state index in [1.807, 2.05) is 37.3 Å². The van der Waals surface area contributed by atoms with E-state index < -0.39 is 0 Å². The molecular formula is C22H26N4O. The minimum Gasteiger partial charge on any atom is -0.497 e. The zero-order valence-electron chi connectivity index (χ0n) is 16.1. The summed E-state index contributed by atoms with van der Waals surface area (Å²) in [5.74, 6) is 1.97. The van der Waals surface area contributed by atoms with Crippen LogP contribution < -0.4 is 15.8 Å². The molecule has 0 radical (unpaired) electrons. The molecule has 0 saturated heterocycles. The van der Waals surface area contributed by atoms with Crippen molar-refractivity contribution in [3.05, 3.63) is 77.0 Å². The van der Waals surface area contributed by atoms with Crippen LogP contribution in [0.4, 0.5) is 11.8 Å². The molecule has 0 aliphatic carbocycles. The third kappa shape index (κ3) is 4.76. The molecule has 0 saturated carbocycles. The van der Waals surface area contributed by atoms with Gasteiger partial charge in [-0.2, -0.15) is 4.98 Å². The van der Waals surface area contributed by atoms with Crippen LogP contribution in [0.5, 0.6) is 5.75 Å². The second-order valence-corrected chi connectivity index (χ2v) is 6.62.